The Kier molecular flexibility index (Phi) is 4.58. The zero-order valence-corrected chi connectivity index (χ0v) is 13.4. The van der Waals surface area contributed by atoms with Gasteiger partial charge < -0.3 is 10.0 Å². The van der Waals surface area contributed by atoms with Crippen molar-refractivity contribution in [1.82, 2.24) is 9.80 Å². The number of piperazine rings is 1. The van der Waals surface area contributed by atoms with Crippen LogP contribution in [0.25, 0.3) is 0 Å². The average Bonchev–Trinajstić information content (AvgIpc) is 2.87. The summed E-state index contributed by atoms with van der Waals surface area (Å²) < 4.78 is 0. The Labute approximate surface area is 126 Å². The highest BCUT2D eigenvalue weighted by Crippen LogP contribution is 2.29. The number of amidine groups is 1. The minimum atomic E-state index is -0.408. The summed E-state index contributed by atoms with van der Waals surface area (Å²) in [6, 6.07) is 0. The highest BCUT2D eigenvalue weighted by Gasteiger charge is 2.33. The molecule has 0 bridgehead atoms. The molecule has 1 unspecified atom stereocenters. The van der Waals surface area contributed by atoms with E-state index in [1.165, 1.54) is 24.4 Å². The lowest BCUT2D eigenvalue weighted by molar-refractivity contribution is -0.0319. The van der Waals surface area contributed by atoms with E-state index in [0.29, 0.717) is 5.25 Å². The van der Waals surface area contributed by atoms with Crippen LogP contribution in [-0.2, 0) is 0 Å². The second-order valence-corrected chi connectivity index (χ2v) is 8.01. The fraction of sp³-hybridized carbons (Fsp3) is 0.933. The molecule has 1 saturated heterocycles. The molecule has 0 aromatic heterocycles. The number of thioether (sulfide) groups is 1. The lowest BCUT2D eigenvalue weighted by Crippen LogP contribution is -2.53. The fourth-order valence-corrected chi connectivity index (χ4v) is 4.51. The molecule has 20 heavy (non-hydrogen) atoms. The maximum atomic E-state index is 10.7. The fourth-order valence-electron chi connectivity index (χ4n) is 3.52. The van der Waals surface area contributed by atoms with Gasteiger partial charge in [-0.3, -0.25) is 9.89 Å². The van der Waals surface area contributed by atoms with Gasteiger partial charge >= 0.3 is 0 Å². The Morgan fingerprint density at radius 2 is 1.90 bits per heavy atom. The number of nitrogens with zero attached hydrogens (tertiary/aromatic N) is 3. The Balaban J connectivity index is 1.46. The van der Waals surface area contributed by atoms with Crippen molar-refractivity contribution in [2.24, 2.45) is 4.99 Å². The summed E-state index contributed by atoms with van der Waals surface area (Å²) in [7, 11) is 0. The van der Waals surface area contributed by atoms with Crippen LogP contribution in [0.15, 0.2) is 4.99 Å². The van der Waals surface area contributed by atoms with Gasteiger partial charge in [-0.2, -0.15) is 0 Å². The van der Waals surface area contributed by atoms with Gasteiger partial charge in [-0.1, -0.05) is 37.9 Å². The number of hydrogen-bond acceptors (Lipinski definition) is 5. The molecular weight excluding hydrogens is 270 g/mol. The Hall–Kier alpha value is -0.260. The van der Waals surface area contributed by atoms with Crippen LogP contribution in [0, 0.1) is 0 Å². The molecule has 0 aromatic rings. The van der Waals surface area contributed by atoms with Crippen LogP contribution in [0.5, 0.6) is 0 Å². The molecule has 2 fully saturated rings. The molecule has 5 heteroatoms. The predicted molar refractivity (Wildman–Crippen MR) is 85.4 cm³/mol. The van der Waals surface area contributed by atoms with Crippen LogP contribution in [0.4, 0.5) is 0 Å². The molecule has 0 spiro atoms. The molecule has 1 aliphatic carbocycles. The Bertz CT molecular complexity index is 360. The van der Waals surface area contributed by atoms with Gasteiger partial charge in [0, 0.05) is 38.0 Å². The lowest BCUT2D eigenvalue weighted by atomic mass is 9.84. The van der Waals surface area contributed by atoms with Crippen molar-refractivity contribution in [2.75, 3.05) is 39.3 Å². The smallest absolute Gasteiger partial charge is 0.159 e. The van der Waals surface area contributed by atoms with E-state index in [9.17, 15) is 5.11 Å². The van der Waals surface area contributed by atoms with E-state index in [1.807, 2.05) is 11.8 Å². The second-order valence-electron chi connectivity index (χ2n) is 6.60. The van der Waals surface area contributed by atoms with E-state index in [1.54, 1.807) is 0 Å². The summed E-state index contributed by atoms with van der Waals surface area (Å²) in [5.74, 6) is 0. The van der Waals surface area contributed by atoms with E-state index < -0.39 is 5.60 Å². The zero-order chi connectivity index (χ0) is 14.0. The molecule has 4 nitrogen and oxygen atoms in total. The number of β-amino-alcohol motifs (C(OH)–C–C–N with tert-alkyl or cyclic N) is 1. The molecule has 1 N–H and O–H groups in total. The van der Waals surface area contributed by atoms with Crippen molar-refractivity contribution >= 4 is 16.9 Å². The molecule has 0 amide bonds. The zero-order valence-electron chi connectivity index (χ0n) is 12.6. The standard InChI is InChI=1S/C15H27N3OS/c1-13-11-16-14(20-13)18-9-7-17(8-10-18)12-15(19)5-3-2-4-6-15/h13,19H,2-12H2,1H3. The summed E-state index contributed by atoms with van der Waals surface area (Å²) >= 11 is 1.92. The van der Waals surface area contributed by atoms with Crippen molar-refractivity contribution in [3.63, 3.8) is 0 Å². The first kappa shape index (κ1) is 14.7. The number of rotatable bonds is 2. The van der Waals surface area contributed by atoms with Gasteiger partial charge in [-0.15, -0.1) is 0 Å². The first-order chi connectivity index (χ1) is 9.65. The van der Waals surface area contributed by atoms with Gasteiger partial charge in [-0.25, -0.2) is 0 Å². The molecule has 114 valence electrons. The topological polar surface area (TPSA) is 39.1 Å². The van der Waals surface area contributed by atoms with Crippen LogP contribution in [-0.4, -0.2) is 70.2 Å². The number of hydrogen-bond donors (Lipinski definition) is 1. The molecule has 0 radical (unpaired) electrons. The van der Waals surface area contributed by atoms with Crippen LogP contribution in [0.3, 0.4) is 0 Å². The quantitative estimate of drug-likeness (QED) is 0.843. The molecule has 1 saturated carbocycles. The third-order valence-electron chi connectivity index (χ3n) is 4.74. The van der Waals surface area contributed by atoms with Gasteiger partial charge in [0.1, 0.15) is 0 Å². The third kappa shape index (κ3) is 3.49. The van der Waals surface area contributed by atoms with Crippen molar-refractivity contribution in [3.8, 4) is 0 Å². The minimum Gasteiger partial charge on any atom is -0.389 e. The van der Waals surface area contributed by atoms with Crippen molar-refractivity contribution < 1.29 is 5.11 Å². The number of aliphatic hydroxyl groups is 1. The SMILES string of the molecule is CC1CN=C(N2CCN(CC3(O)CCCCC3)CC2)S1. The van der Waals surface area contributed by atoms with Gasteiger partial charge in [0.2, 0.25) is 0 Å². The van der Waals surface area contributed by atoms with E-state index in [4.69, 9.17) is 0 Å². The number of aliphatic imine (C=N–C) groups is 1. The minimum absolute atomic E-state index is 0.408. The second kappa shape index (κ2) is 6.24. The Morgan fingerprint density at radius 3 is 2.50 bits per heavy atom. The van der Waals surface area contributed by atoms with Crippen LogP contribution in [0.2, 0.25) is 0 Å². The molecule has 1 atom stereocenters. The first-order valence-corrected chi connectivity index (χ1v) is 8.93. The first-order valence-electron chi connectivity index (χ1n) is 8.05. The predicted octanol–water partition coefficient (Wildman–Crippen LogP) is 1.79. The maximum absolute atomic E-state index is 10.7. The summed E-state index contributed by atoms with van der Waals surface area (Å²) in [6.07, 6.45) is 5.68. The van der Waals surface area contributed by atoms with Crippen molar-refractivity contribution in [3.05, 3.63) is 0 Å². The molecule has 3 rings (SSSR count). The van der Waals surface area contributed by atoms with Crippen molar-refractivity contribution in [1.29, 1.82) is 0 Å². The molecule has 0 aromatic carbocycles. The Morgan fingerprint density at radius 1 is 1.20 bits per heavy atom. The highest BCUT2D eigenvalue weighted by molar-refractivity contribution is 8.14. The van der Waals surface area contributed by atoms with Gasteiger partial charge in [-0.05, 0) is 12.8 Å². The third-order valence-corrected chi connectivity index (χ3v) is 5.88. The van der Waals surface area contributed by atoms with Gasteiger partial charge in [0.25, 0.3) is 0 Å². The summed E-state index contributed by atoms with van der Waals surface area (Å²) in [5.41, 5.74) is -0.408. The monoisotopic (exact) mass is 297 g/mol. The van der Waals surface area contributed by atoms with Crippen molar-refractivity contribution in [2.45, 2.75) is 49.9 Å². The average molecular weight is 297 g/mol. The van der Waals surface area contributed by atoms with Gasteiger partial charge in [0.15, 0.2) is 5.17 Å². The highest BCUT2D eigenvalue weighted by atomic mass is 32.2. The molecule has 2 aliphatic heterocycles. The van der Waals surface area contributed by atoms with Gasteiger partial charge in [0.05, 0.1) is 12.1 Å². The normalized spacial score (nSPS) is 31.4. The van der Waals surface area contributed by atoms with E-state index in [0.717, 1.165) is 52.1 Å². The van der Waals surface area contributed by atoms with E-state index in [2.05, 4.69) is 21.7 Å². The largest absolute Gasteiger partial charge is 0.389 e. The van der Waals surface area contributed by atoms with Crippen LogP contribution >= 0.6 is 11.8 Å². The van der Waals surface area contributed by atoms with E-state index >= 15 is 0 Å². The summed E-state index contributed by atoms with van der Waals surface area (Å²) in [5, 5.41) is 12.5. The van der Waals surface area contributed by atoms with Crippen LogP contribution in [0.1, 0.15) is 39.0 Å². The van der Waals surface area contributed by atoms with Crippen LogP contribution < -0.4 is 0 Å². The molecule has 3 aliphatic rings. The summed E-state index contributed by atoms with van der Waals surface area (Å²) in [4.78, 5) is 9.51. The molecular formula is C15H27N3OS. The van der Waals surface area contributed by atoms with E-state index in [-0.39, 0.29) is 0 Å². The molecule has 2 heterocycles. The summed E-state index contributed by atoms with van der Waals surface area (Å²) in [6.45, 7) is 8.35. The lowest BCUT2D eigenvalue weighted by Gasteiger charge is -2.41. The maximum Gasteiger partial charge on any atom is 0.159 e.